The number of nitrogens with one attached hydrogen (secondary N) is 1. The molecule has 114 valence electrons. The van der Waals surface area contributed by atoms with E-state index in [-0.39, 0.29) is 29.8 Å². The third-order valence-electron chi connectivity index (χ3n) is 3.59. The number of amides is 2. The van der Waals surface area contributed by atoms with Crippen LogP contribution in [0.2, 0.25) is 0 Å². The summed E-state index contributed by atoms with van der Waals surface area (Å²) < 4.78 is 13.5. The summed E-state index contributed by atoms with van der Waals surface area (Å²) in [6.45, 7) is 1.84. The minimum absolute atomic E-state index is 0.0800. The Hall–Kier alpha value is -2.15. The number of primary amides is 1. The Morgan fingerprint density at radius 1 is 1.43 bits per heavy atom. The van der Waals surface area contributed by atoms with Gasteiger partial charge in [-0.15, -0.1) is 0 Å². The molecule has 0 aliphatic carbocycles. The number of nitrogens with zero attached hydrogens (tertiary/aromatic N) is 1. The van der Waals surface area contributed by atoms with Crippen LogP contribution in [-0.4, -0.2) is 36.3 Å². The molecular weight excluding hydrogens is 275 g/mol. The van der Waals surface area contributed by atoms with Gasteiger partial charge in [0.15, 0.2) is 0 Å². The van der Waals surface area contributed by atoms with Crippen molar-refractivity contribution in [1.82, 2.24) is 4.90 Å². The largest absolute Gasteiger partial charge is 0.399 e. The van der Waals surface area contributed by atoms with Crippen molar-refractivity contribution in [3.05, 3.63) is 24.0 Å². The van der Waals surface area contributed by atoms with Crippen LogP contribution >= 0.6 is 0 Å². The highest BCUT2D eigenvalue weighted by Crippen LogP contribution is 2.18. The highest BCUT2D eigenvalue weighted by molar-refractivity contribution is 5.91. The normalized spacial score (nSPS) is 18.6. The van der Waals surface area contributed by atoms with Crippen molar-refractivity contribution in [2.45, 2.75) is 12.8 Å². The molecule has 1 aliphatic heterocycles. The van der Waals surface area contributed by atoms with E-state index in [1.54, 1.807) is 0 Å². The fourth-order valence-electron chi connectivity index (χ4n) is 2.38. The maximum absolute atomic E-state index is 13.5. The Labute approximate surface area is 122 Å². The molecular formula is C14H19FN4O2. The number of halogens is 1. The number of hydrogen-bond donors (Lipinski definition) is 3. The van der Waals surface area contributed by atoms with Crippen LogP contribution in [-0.2, 0) is 9.59 Å². The van der Waals surface area contributed by atoms with Gasteiger partial charge in [-0.1, -0.05) is 0 Å². The Balaban J connectivity index is 1.80. The molecule has 7 heteroatoms. The number of hydrogen-bond acceptors (Lipinski definition) is 4. The van der Waals surface area contributed by atoms with E-state index < -0.39 is 5.82 Å². The molecule has 1 atom stereocenters. The first kappa shape index (κ1) is 15.2. The predicted octanol–water partition coefficient (Wildman–Crippen LogP) is 0.544. The number of benzene rings is 1. The first-order chi connectivity index (χ1) is 9.95. The number of nitrogens with two attached hydrogens (primary N) is 2. The summed E-state index contributed by atoms with van der Waals surface area (Å²) in [5.74, 6) is -1.25. The van der Waals surface area contributed by atoms with Crippen LogP contribution in [0.4, 0.5) is 15.8 Å². The van der Waals surface area contributed by atoms with E-state index >= 15 is 0 Å². The molecule has 21 heavy (non-hydrogen) atoms. The van der Waals surface area contributed by atoms with Crippen LogP contribution in [0.15, 0.2) is 18.2 Å². The number of carbonyl (C=O) groups excluding carboxylic acids is 2. The Morgan fingerprint density at radius 2 is 2.19 bits per heavy atom. The second kappa shape index (κ2) is 6.53. The second-order valence-corrected chi connectivity index (χ2v) is 5.23. The summed E-state index contributed by atoms with van der Waals surface area (Å²) in [6, 6.07) is 4.02. The average molecular weight is 294 g/mol. The molecule has 2 amide bonds. The van der Waals surface area contributed by atoms with Crippen molar-refractivity contribution in [2.24, 2.45) is 11.7 Å². The molecule has 0 bridgehead atoms. The lowest BCUT2D eigenvalue weighted by Crippen LogP contribution is -2.29. The molecule has 6 nitrogen and oxygen atoms in total. The third-order valence-corrected chi connectivity index (χ3v) is 3.59. The van der Waals surface area contributed by atoms with Gasteiger partial charge in [0.25, 0.3) is 0 Å². The summed E-state index contributed by atoms with van der Waals surface area (Å²) in [6.07, 6.45) is 0.945. The third kappa shape index (κ3) is 4.16. The Morgan fingerprint density at radius 3 is 2.86 bits per heavy atom. The number of likely N-dealkylation sites (tertiary alicyclic amines) is 1. The molecule has 1 aromatic rings. The van der Waals surface area contributed by atoms with Gasteiger partial charge in [0, 0.05) is 25.2 Å². The topological polar surface area (TPSA) is 101 Å². The lowest BCUT2D eigenvalue weighted by atomic mass is 10.1. The minimum Gasteiger partial charge on any atom is -0.399 e. The lowest BCUT2D eigenvalue weighted by Gasteiger charge is -2.15. The van der Waals surface area contributed by atoms with Crippen molar-refractivity contribution in [2.75, 3.05) is 30.7 Å². The van der Waals surface area contributed by atoms with Gasteiger partial charge >= 0.3 is 0 Å². The van der Waals surface area contributed by atoms with Crippen molar-refractivity contribution in [3.63, 3.8) is 0 Å². The van der Waals surface area contributed by atoms with E-state index in [0.717, 1.165) is 13.0 Å². The summed E-state index contributed by atoms with van der Waals surface area (Å²) >= 11 is 0. The lowest BCUT2D eigenvalue weighted by molar-refractivity contribution is -0.121. The van der Waals surface area contributed by atoms with Gasteiger partial charge in [0.1, 0.15) is 5.82 Å². The van der Waals surface area contributed by atoms with Crippen LogP contribution in [0.5, 0.6) is 0 Å². The molecule has 2 rings (SSSR count). The van der Waals surface area contributed by atoms with E-state index in [1.165, 1.54) is 18.2 Å². The van der Waals surface area contributed by atoms with Gasteiger partial charge in [0.05, 0.1) is 11.6 Å². The number of anilines is 2. The van der Waals surface area contributed by atoms with E-state index in [4.69, 9.17) is 11.5 Å². The van der Waals surface area contributed by atoms with E-state index in [1.807, 2.05) is 4.90 Å². The highest BCUT2D eigenvalue weighted by Gasteiger charge is 2.26. The van der Waals surface area contributed by atoms with Gasteiger partial charge in [0.2, 0.25) is 11.8 Å². The molecule has 1 saturated heterocycles. The van der Waals surface area contributed by atoms with Crippen molar-refractivity contribution in [1.29, 1.82) is 0 Å². The molecule has 0 radical (unpaired) electrons. The minimum atomic E-state index is -0.521. The van der Waals surface area contributed by atoms with Gasteiger partial charge < -0.3 is 21.7 Å². The van der Waals surface area contributed by atoms with Crippen molar-refractivity contribution < 1.29 is 14.0 Å². The number of carbonyl (C=O) groups is 2. The van der Waals surface area contributed by atoms with E-state index in [2.05, 4.69) is 5.32 Å². The fourth-order valence-corrected chi connectivity index (χ4v) is 2.38. The molecule has 0 aromatic heterocycles. The molecule has 1 heterocycles. The molecule has 0 saturated carbocycles. The first-order valence-corrected chi connectivity index (χ1v) is 6.82. The van der Waals surface area contributed by atoms with Crippen molar-refractivity contribution >= 4 is 23.2 Å². The standard InChI is InChI=1S/C14H19FN4O2/c15-11-2-1-10(16)7-12(11)18-13(20)4-6-19-5-3-9(8-19)14(17)21/h1-2,7,9H,3-6,8,16H2,(H2,17,21)(H,18,20). The molecule has 1 aliphatic rings. The highest BCUT2D eigenvalue weighted by atomic mass is 19.1. The summed E-state index contributed by atoms with van der Waals surface area (Å²) in [7, 11) is 0. The van der Waals surface area contributed by atoms with Crippen LogP contribution < -0.4 is 16.8 Å². The first-order valence-electron chi connectivity index (χ1n) is 6.82. The SMILES string of the molecule is NC(=O)C1CCN(CCC(=O)Nc2cc(N)ccc2F)C1. The second-order valence-electron chi connectivity index (χ2n) is 5.23. The number of rotatable bonds is 5. The fraction of sp³-hybridized carbons (Fsp3) is 0.429. The van der Waals surface area contributed by atoms with Crippen LogP contribution in [0.1, 0.15) is 12.8 Å². The smallest absolute Gasteiger partial charge is 0.225 e. The van der Waals surface area contributed by atoms with Gasteiger partial charge in [-0.05, 0) is 31.2 Å². The quantitative estimate of drug-likeness (QED) is 0.690. The molecule has 1 fully saturated rings. The zero-order chi connectivity index (χ0) is 15.4. The predicted molar refractivity (Wildman–Crippen MR) is 77.8 cm³/mol. The van der Waals surface area contributed by atoms with Crippen molar-refractivity contribution in [3.8, 4) is 0 Å². The summed E-state index contributed by atoms with van der Waals surface area (Å²) in [4.78, 5) is 24.9. The molecule has 1 aromatic carbocycles. The summed E-state index contributed by atoms with van der Waals surface area (Å²) in [5, 5.41) is 2.50. The van der Waals surface area contributed by atoms with Crippen LogP contribution in [0.3, 0.4) is 0 Å². The van der Waals surface area contributed by atoms with Gasteiger partial charge in [-0.25, -0.2) is 4.39 Å². The van der Waals surface area contributed by atoms with E-state index in [9.17, 15) is 14.0 Å². The monoisotopic (exact) mass is 294 g/mol. The molecule has 1 unspecified atom stereocenters. The van der Waals surface area contributed by atoms with Crippen LogP contribution in [0, 0.1) is 11.7 Å². The van der Waals surface area contributed by atoms with Crippen LogP contribution in [0.25, 0.3) is 0 Å². The molecule has 0 spiro atoms. The maximum Gasteiger partial charge on any atom is 0.225 e. The zero-order valence-electron chi connectivity index (χ0n) is 11.6. The average Bonchev–Trinajstić information content (AvgIpc) is 2.90. The Bertz CT molecular complexity index is 550. The maximum atomic E-state index is 13.5. The van der Waals surface area contributed by atoms with Gasteiger partial charge in [-0.3, -0.25) is 9.59 Å². The van der Waals surface area contributed by atoms with Gasteiger partial charge in [-0.2, -0.15) is 0 Å². The number of nitrogen functional groups attached to an aromatic ring is 1. The molecule has 5 N–H and O–H groups in total. The Kier molecular flexibility index (Phi) is 4.74. The van der Waals surface area contributed by atoms with E-state index in [0.29, 0.717) is 18.8 Å². The zero-order valence-corrected chi connectivity index (χ0v) is 11.6. The summed E-state index contributed by atoms with van der Waals surface area (Å²) in [5.41, 5.74) is 11.3.